The van der Waals surface area contributed by atoms with Crippen molar-refractivity contribution in [2.75, 3.05) is 6.61 Å². The zero-order valence-electron chi connectivity index (χ0n) is 12.9. The molecule has 2 aromatic heterocycles. The highest BCUT2D eigenvalue weighted by molar-refractivity contribution is 5.95. The molecule has 23 heavy (non-hydrogen) atoms. The van der Waals surface area contributed by atoms with Gasteiger partial charge in [0.05, 0.1) is 6.61 Å². The molecule has 1 N–H and O–H groups in total. The second kappa shape index (κ2) is 6.52. The Labute approximate surface area is 134 Å². The fourth-order valence-corrected chi connectivity index (χ4v) is 2.48. The Morgan fingerprint density at radius 1 is 1.22 bits per heavy atom. The molecule has 0 aliphatic rings. The summed E-state index contributed by atoms with van der Waals surface area (Å²) in [4.78, 5) is 16.3. The summed E-state index contributed by atoms with van der Waals surface area (Å²) in [7, 11) is 0. The van der Waals surface area contributed by atoms with Gasteiger partial charge in [0.2, 0.25) is 0 Å². The number of hydrogen-bond acceptors (Lipinski definition) is 3. The van der Waals surface area contributed by atoms with Crippen LogP contribution in [-0.4, -0.2) is 27.1 Å². The molecular weight excluding hydrogens is 292 g/mol. The molecule has 3 aromatic rings. The molecule has 5 nitrogen and oxygen atoms in total. The first-order chi connectivity index (χ1) is 11.2. The number of carboxylic acid groups (broad SMARTS) is 1. The first-order valence-electron chi connectivity index (χ1n) is 7.65. The second-order valence-electron chi connectivity index (χ2n) is 5.25. The van der Waals surface area contributed by atoms with Gasteiger partial charge in [-0.25, -0.2) is 9.78 Å². The molecule has 0 unspecified atom stereocenters. The van der Waals surface area contributed by atoms with E-state index in [4.69, 9.17) is 4.74 Å². The topological polar surface area (TPSA) is 63.8 Å². The summed E-state index contributed by atoms with van der Waals surface area (Å²) in [6, 6.07) is 12.9. The van der Waals surface area contributed by atoms with Crippen LogP contribution in [0.2, 0.25) is 0 Å². The monoisotopic (exact) mass is 310 g/mol. The molecule has 0 amide bonds. The third-order valence-corrected chi connectivity index (χ3v) is 3.62. The van der Waals surface area contributed by atoms with Crippen molar-refractivity contribution in [1.82, 2.24) is 9.38 Å². The van der Waals surface area contributed by atoms with Gasteiger partial charge in [-0.1, -0.05) is 43.7 Å². The van der Waals surface area contributed by atoms with E-state index in [1.54, 1.807) is 16.7 Å². The summed E-state index contributed by atoms with van der Waals surface area (Å²) in [5.74, 6) is -0.410. The van der Waals surface area contributed by atoms with Gasteiger partial charge in [0, 0.05) is 11.8 Å². The zero-order chi connectivity index (χ0) is 16.2. The SMILES string of the molecule is CCCCOc1cccn2c(C(=O)O)c(-c3ccccc3)nc12. The third-order valence-electron chi connectivity index (χ3n) is 3.62. The van der Waals surface area contributed by atoms with Gasteiger partial charge in [0.15, 0.2) is 17.1 Å². The van der Waals surface area contributed by atoms with Crippen LogP contribution < -0.4 is 4.74 Å². The van der Waals surface area contributed by atoms with Gasteiger partial charge in [-0.05, 0) is 18.6 Å². The number of nitrogens with zero attached hydrogens (tertiary/aromatic N) is 2. The Kier molecular flexibility index (Phi) is 4.28. The lowest BCUT2D eigenvalue weighted by Crippen LogP contribution is -2.04. The van der Waals surface area contributed by atoms with E-state index in [1.807, 2.05) is 36.4 Å². The summed E-state index contributed by atoms with van der Waals surface area (Å²) in [6.45, 7) is 2.68. The molecule has 0 aliphatic carbocycles. The number of rotatable bonds is 6. The van der Waals surface area contributed by atoms with Crippen LogP contribution >= 0.6 is 0 Å². The maximum atomic E-state index is 11.7. The maximum Gasteiger partial charge on any atom is 0.355 e. The quantitative estimate of drug-likeness (QED) is 0.702. The molecule has 0 saturated heterocycles. The molecule has 2 heterocycles. The van der Waals surface area contributed by atoms with E-state index in [9.17, 15) is 9.90 Å². The highest BCUT2D eigenvalue weighted by Gasteiger charge is 2.21. The second-order valence-corrected chi connectivity index (χ2v) is 5.25. The summed E-state index contributed by atoms with van der Waals surface area (Å²) in [5.41, 5.74) is 1.89. The van der Waals surface area contributed by atoms with Crippen molar-refractivity contribution in [3.05, 3.63) is 54.4 Å². The number of carbonyl (C=O) groups is 1. The van der Waals surface area contributed by atoms with E-state index in [0.717, 1.165) is 18.4 Å². The van der Waals surface area contributed by atoms with Gasteiger partial charge in [0.25, 0.3) is 0 Å². The van der Waals surface area contributed by atoms with Crippen molar-refractivity contribution in [3.63, 3.8) is 0 Å². The predicted octanol–water partition coefficient (Wildman–Crippen LogP) is 3.88. The lowest BCUT2D eigenvalue weighted by molar-refractivity contribution is 0.0690. The Hall–Kier alpha value is -2.82. The normalized spacial score (nSPS) is 10.8. The molecule has 0 saturated carbocycles. The molecule has 0 aliphatic heterocycles. The van der Waals surface area contributed by atoms with Crippen LogP contribution in [0.4, 0.5) is 0 Å². The zero-order valence-corrected chi connectivity index (χ0v) is 12.9. The molecule has 5 heteroatoms. The molecule has 0 spiro atoms. The average Bonchev–Trinajstić information content (AvgIpc) is 2.96. The number of imidazole rings is 1. The molecule has 3 rings (SSSR count). The Balaban J connectivity index is 2.15. The molecular formula is C18H18N2O3. The van der Waals surface area contributed by atoms with E-state index in [1.165, 1.54) is 0 Å². The fraction of sp³-hybridized carbons (Fsp3) is 0.222. The van der Waals surface area contributed by atoms with Crippen LogP contribution in [0.5, 0.6) is 5.75 Å². The lowest BCUT2D eigenvalue weighted by Gasteiger charge is -2.06. The van der Waals surface area contributed by atoms with Crippen molar-refractivity contribution in [2.45, 2.75) is 19.8 Å². The minimum Gasteiger partial charge on any atom is -0.490 e. The largest absolute Gasteiger partial charge is 0.490 e. The van der Waals surface area contributed by atoms with Crippen molar-refractivity contribution >= 4 is 11.6 Å². The highest BCUT2D eigenvalue weighted by Crippen LogP contribution is 2.28. The van der Waals surface area contributed by atoms with Crippen LogP contribution in [0.1, 0.15) is 30.3 Å². The van der Waals surface area contributed by atoms with Crippen LogP contribution in [-0.2, 0) is 0 Å². The number of hydrogen-bond donors (Lipinski definition) is 1. The van der Waals surface area contributed by atoms with Crippen molar-refractivity contribution in [2.24, 2.45) is 0 Å². The molecule has 1 aromatic carbocycles. The van der Waals surface area contributed by atoms with Gasteiger partial charge in [-0.2, -0.15) is 0 Å². The standard InChI is InChI=1S/C18H18N2O3/c1-2-3-12-23-14-10-7-11-20-16(18(21)22)15(19-17(14)20)13-8-5-4-6-9-13/h4-11H,2-3,12H2,1H3,(H,21,22). The Bertz CT molecular complexity index is 825. The minimum absolute atomic E-state index is 0.146. The Morgan fingerprint density at radius 2 is 2.00 bits per heavy atom. The highest BCUT2D eigenvalue weighted by atomic mass is 16.5. The molecule has 0 fully saturated rings. The summed E-state index contributed by atoms with van der Waals surface area (Å²) in [6.07, 6.45) is 3.68. The lowest BCUT2D eigenvalue weighted by atomic mass is 10.1. The number of pyridine rings is 1. The van der Waals surface area contributed by atoms with Crippen molar-refractivity contribution in [3.8, 4) is 17.0 Å². The number of benzene rings is 1. The molecule has 0 bridgehead atoms. The predicted molar refractivity (Wildman–Crippen MR) is 88.0 cm³/mol. The molecule has 0 radical (unpaired) electrons. The van der Waals surface area contributed by atoms with E-state index >= 15 is 0 Å². The van der Waals surface area contributed by atoms with E-state index in [-0.39, 0.29) is 5.69 Å². The summed E-state index contributed by atoms with van der Waals surface area (Å²) in [5, 5.41) is 9.62. The van der Waals surface area contributed by atoms with E-state index in [0.29, 0.717) is 23.7 Å². The number of ether oxygens (including phenoxy) is 1. The van der Waals surface area contributed by atoms with Gasteiger partial charge in [-0.15, -0.1) is 0 Å². The van der Waals surface area contributed by atoms with Gasteiger partial charge in [0.1, 0.15) is 5.69 Å². The Morgan fingerprint density at radius 3 is 2.70 bits per heavy atom. The van der Waals surface area contributed by atoms with Crippen molar-refractivity contribution < 1.29 is 14.6 Å². The minimum atomic E-state index is -1.01. The van der Waals surface area contributed by atoms with E-state index < -0.39 is 5.97 Å². The number of fused-ring (bicyclic) bond motifs is 1. The van der Waals surface area contributed by atoms with Crippen LogP contribution in [0.3, 0.4) is 0 Å². The summed E-state index contributed by atoms with van der Waals surface area (Å²) < 4.78 is 7.34. The van der Waals surface area contributed by atoms with Crippen LogP contribution in [0.15, 0.2) is 48.7 Å². The van der Waals surface area contributed by atoms with Crippen LogP contribution in [0.25, 0.3) is 16.9 Å². The number of aromatic carboxylic acids is 1. The smallest absolute Gasteiger partial charge is 0.355 e. The average molecular weight is 310 g/mol. The van der Waals surface area contributed by atoms with Gasteiger partial charge >= 0.3 is 5.97 Å². The number of unbranched alkanes of at least 4 members (excludes halogenated alkanes) is 1. The van der Waals surface area contributed by atoms with Crippen LogP contribution in [0, 0.1) is 0 Å². The maximum absolute atomic E-state index is 11.7. The molecule has 118 valence electrons. The first-order valence-corrected chi connectivity index (χ1v) is 7.65. The number of aromatic nitrogens is 2. The van der Waals surface area contributed by atoms with Gasteiger partial charge in [-0.3, -0.25) is 4.40 Å². The van der Waals surface area contributed by atoms with E-state index in [2.05, 4.69) is 11.9 Å². The van der Waals surface area contributed by atoms with Gasteiger partial charge < -0.3 is 9.84 Å². The fourth-order valence-electron chi connectivity index (χ4n) is 2.48. The number of carboxylic acids is 1. The summed E-state index contributed by atoms with van der Waals surface area (Å²) >= 11 is 0. The van der Waals surface area contributed by atoms with Crippen molar-refractivity contribution in [1.29, 1.82) is 0 Å². The molecule has 0 atom stereocenters. The third kappa shape index (κ3) is 2.90. The first kappa shape index (κ1) is 15.1.